The van der Waals surface area contributed by atoms with Crippen molar-refractivity contribution in [1.29, 1.82) is 0 Å². The number of aromatic nitrogens is 2. The maximum atomic E-state index is 12.0. The Morgan fingerprint density at radius 3 is 2.48 bits per heavy atom. The Balaban J connectivity index is 2.04. The fourth-order valence-electron chi connectivity index (χ4n) is 1.73. The van der Waals surface area contributed by atoms with Crippen molar-refractivity contribution in [3.8, 4) is 11.5 Å². The SMILES string of the molecule is COc1cc(C(=O)OCCn2ccnc2)cc(OC)c1Br. The second-order valence-electron chi connectivity index (χ2n) is 4.13. The molecular weight excluding hydrogens is 340 g/mol. The van der Waals surface area contributed by atoms with Crippen molar-refractivity contribution in [1.82, 2.24) is 9.55 Å². The molecule has 0 unspecified atom stereocenters. The predicted octanol–water partition coefficient (Wildman–Crippen LogP) is 2.52. The summed E-state index contributed by atoms with van der Waals surface area (Å²) in [4.78, 5) is 16.0. The number of carbonyl (C=O) groups is 1. The van der Waals surface area contributed by atoms with E-state index in [0.717, 1.165) is 0 Å². The Morgan fingerprint density at radius 1 is 1.29 bits per heavy atom. The topological polar surface area (TPSA) is 62.6 Å². The van der Waals surface area contributed by atoms with E-state index in [1.165, 1.54) is 14.2 Å². The van der Waals surface area contributed by atoms with Crippen molar-refractivity contribution >= 4 is 21.9 Å². The van der Waals surface area contributed by atoms with Gasteiger partial charge in [0.05, 0.1) is 32.7 Å². The molecule has 21 heavy (non-hydrogen) atoms. The summed E-state index contributed by atoms with van der Waals surface area (Å²) in [6.07, 6.45) is 5.14. The number of hydrogen-bond acceptors (Lipinski definition) is 5. The summed E-state index contributed by atoms with van der Waals surface area (Å²) < 4.78 is 18.1. The van der Waals surface area contributed by atoms with E-state index in [0.29, 0.717) is 28.1 Å². The number of rotatable bonds is 6. The van der Waals surface area contributed by atoms with Gasteiger partial charge in [-0.2, -0.15) is 0 Å². The van der Waals surface area contributed by atoms with Gasteiger partial charge in [-0.15, -0.1) is 0 Å². The molecule has 0 saturated heterocycles. The molecule has 2 rings (SSSR count). The lowest BCUT2D eigenvalue weighted by Crippen LogP contribution is -2.11. The molecule has 0 aliphatic rings. The molecule has 112 valence electrons. The number of nitrogens with zero attached hydrogens (tertiary/aromatic N) is 2. The number of esters is 1. The summed E-state index contributed by atoms with van der Waals surface area (Å²) >= 11 is 3.35. The molecule has 0 aliphatic carbocycles. The maximum absolute atomic E-state index is 12.0. The number of carbonyl (C=O) groups excluding carboxylic acids is 1. The minimum Gasteiger partial charge on any atom is -0.495 e. The molecule has 1 aromatic heterocycles. The van der Waals surface area contributed by atoms with Crippen molar-refractivity contribution in [3.05, 3.63) is 40.9 Å². The quantitative estimate of drug-likeness (QED) is 0.746. The number of benzene rings is 1. The Kier molecular flexibility index (Phi) is 5.21. The van der Waals surface area contributed by atoms with Crippen LogP contribution in [-0.2, 0) is 11.3 Å². The Labute approximate surface area is 130 Å². The first-order valence-electron chi connectivity index (χ1n) is 6.20. The van der Waals surface area contributed by atoms with E-state index in [1.54, 1.807) is 30.9 Å². The van der Waals surface area contributed by atoms with E-state index in [-0.39, 0.29) is 6.61 Å². The third-order valence-corrected chi connectivity index (χ3v) is 3.60. The number of imidazole rings is 1. The molecule has 0 amide bonds. The van der Waals surface area contributed by atoms with Crippen LogP contribution in [-0.4, -0.2) is 36.3 Å². The largest absolute Gasteiger partial charge is 0.495 e. The van der Waals surface area contributed by atoms with Crippen LogP contribution >= 0.6 is 15.9 Å². The molecule has 0 fully saturated rings. The molecule has 2 aromatic rings. The first-order valence-corrected chi connectivity index (χ1v) is 6.99. The monoisotopic (exact) mass is 354 g/mol. The van der Waals surface area contributed by atoms with Crippen molar-refractivity contribution in [2.45, 2.75) is 6.54 Å². The highest BCUT2D eigenvalue weighted by Crippen LogP contribution is 2.35. The third kappa shape index (κ3) is 3.75. The summed E-state index contributed by atoms with van der Waals surface area (Å²) in [5, 5.41) is 0. The standard InChI is InChI=1S/C14H15BrN2O4/c1-19-11-7-10(8-12(20-2)13(11)15)14(18)21-6-5-17-4-3-16-9-17/h3-4,7-9H,5-6H2,1-2H3. The second kappa shape index (κ2) is 7.12. The van der Waals surface area contributed by atoms with E-state index in [1.807, 2.05) is 4.57 Å². The minimum atomic E-state index is -0.431. The van der Waals surface area contributed by atoms with Gasteiger partial charge < -0.3 is 18.8 Å². The first kappa shape index (κ1) is 15.4. The zero-order valence-corrected chi connectivity index (χ0v) is 13.3. The lowest BCUT2D eigenvalue weighted by Gasteiger charge is -2.11. The summed E-state index contributed by atoms with van der Waals surface area (Å²) in [6.45, 7) is 0.812. The van der Waals surface area contributed by atoms with Gasteiger partial charge in [-0.25, -0.2) is 9.78 Å². The third-order valence-electron chi connectivity index (χ3n) is 2.82. The highest BCUT2D eigenvalue weighted by Gasteiger charge is 2.15. The highest BCUT2D eigenvalue weighted by atomic mass is 79.9. The molecule has 0 radical (unpaired) electrons. The van der Waals surface area contributed by atoms with Crippen molar-refractivity contribution in [2.24, 2.45) is 0 Å². The smallest absolute Gasteiger partial charge is 0.338 e. The molecule has 6 nitrogen and oxygen atoms in total. The van der Waals surface area contributed by atoms with E-state index in [2.05, 4.69) is 20.9 Å². The van der Waals surface area contributed by atoms with Crippen molar-refractivity contribution in [2.75, 3.05) is 20.8 Å². The second-order valence-corrected chi connectivity index (χ2v) is 4.92. The molecule has 1 aromatic carbocycles. The van der Waals surface area contributed by atoms with Crippen LogP contribution in [0.25, 0.3) is 0 Å². The molecule has 0 bridgehead atoms. The Bertz CT molecular complexity index is 588. The van der Waals surface area contributed by atoms with Crippen molar-refractivity contribution < 1.29 is 19.0 Å². The van der Waals surface area contributed by atoms with Gasteiger partial charge >= 0.3 is 5.97 Å². The molecule has 0 aliphatic heterocycles. The average molecular weight is 355 g/mol. The number of halogens is 1. The van der Waals surface area contributed by atoms with Crippen LogP contribution in [0.1, 0.15) is 10.4 Å². The van der Waals surface area contributed by atoms with E-state index < -0.39 is 5.97 Å². The van der Waals surface area contributed by atoms with E-state index in [4.69, 9.17) is 14.2 Å². The van der Waals surface area contributed by atoms with Crippen LogP contribution in [0.5, 0.6) is 11.5 Å². The van der Waals surface area contributed by atoms with Gasteiger partial charge in [0, 0.05) is 12.4 Å². The molecule has 0 spiro atoms. The van der Waals surface area contributed by atoms with Gasteiger partial charge in [0.25, 0.3) is 0 Å². The summed E-state index contributed by atoms with van der Waals surface area (Å²) in [5.41, 5.74) is 0.373. The number of hydrogen-bond donors (Lipinski definition) is 0. The Hall–Kier alpha value is -2.02. The van der Waals surface area contributed by atoms with Gasteiger partial charge in [0.15, 0.2) is 0 Å². The van der Waals surface area contributed by atoms with E-state index >= 15 is 0 Å². The zero-order chi connectivity index (χ0) is 15.2. The zero-order valence-electron chi connectivity index (χ0n) is 11.7. The van der Waals surface area contributed by atoms with Crippen LogP contribution in [0.15, 0.2) is 35.3 Å². The molecule has 0 N–H and O–H groups in total. The lowest BCUT2D eigenvalue weighted by molar-refractivity contribution is 0.0490. The normalized spacial score (nSPS) is 10.2. The average Bonchev–Trinajstić information content (AvgIpc) is 3.00. The molecular formula is C14H15BrN2O4. The lowest BCUT2D eigenvalue weighted by atomic mass is 10.2. The summed E-state index contributed by atoms with van der Waals surface area (Å²) in [6, 6.07) is 3.21. The summed E-state index contributed by atoms with van der Waals surface area (Å²) in [5.74, 6) is 0.589. The van der Waals surface area contributed by atoms with Crippen LogP contribution in [0, 0.1) is 0 Å². The molecule has 0 saturated carbocycles. The fraction of sp³-hybridized carbons (Fsp3) is 0.286. The van der Waals surface area contributed by atoms with Gasteiger partial charge in [-0.1, -0.05) is 0 Å². The van der Waals surface area contributed by atoms with Gasteiger partial charge in [0.2, 0.25) is 0 Å². The van der Waals surface area contributed by atoms with Gasteiger partial charge in [-0.3, -0.25) is 0 Å². The highest BCUT2D eigenvalue weighted by molar-refractivity contribution is 9.10. The summed E-state index contributed by atoms with van der Waals surface area (Å²) in [7, 11) is 3.04. The first-order chi connectivity index (χ1) is 10.2. The number of ether oxygens (including phenoxy) is 3. The maximum Gasteiger partial charge on any atom is 0.338 e. The molecule has 0 atom stereocenters. The predicted molar refractivity (Wildman–Crippen MR) is 79.8 cm³/mol. The number of methoxy groups -OCH3 is 2. The van der Waals surface area contributed by atoms with Gasteiger partial charge in [0.1, 0.15) is 22.6 Å². The van der Waals surface area contributed by atoms with Crippen LogP contribution < -0.4 is 9.47 Å². The van der Waals surface area contributed by atoms with Crippen molar-refractivity contribution in [3.63, 3.8) is 0 Å². The Morgan fingerprint density at radius 2 is 1.95 bits per heavy atom. The van der Waals surface area contributed by atoms with Crippen LogP contribution in [0.4, 0.5) is 0 Å². The molecule has 7 heteroatoms. The van der Waals surface area contributed by atoms with Crippen LogP contribution in [0.2, 0.25) is 0 Å². The van der Waals surface area contributed by atoms with E-state index in [9.17, 15) is 4.79 Å². The van der Waals surface area contributed by atoms with Gasteiger partial charge in [-0.05, 0) is 28.1 Å². The molecule has 1 heterocycles. The minimum absolute atomic E-state index is 0.260. The van der Waals surface area contributed by atoms with Crippen LogP contribution in [0.3, 0.4) is 0 Å². The fourth-order valence-corrected chi connectivity index (χ4v) is 2.29.